The highest BCUT2D eigenvalue weighted by Gasteiger charge is 2.31. The number of aromatic nitrogens is 2. The number of amides is 1. The number of anilines is 1. The second kappa shape index (κ2) is 8.06. The van der Waals surface area contributed by atoms with Crippen LogP contribution in [-0.2, 0) is 19.4 Å². The zero-order valence-corrected chi connectivity index (χ0v) is 16.3. The third kappa shape index (κ3) is 5.05. The summed E-state index contributed by atoms with van der Waals surface area (Å²) in [7, 11) is -1.06. The number of ether oxygens (including phenoxy) is 1. The molecule has 1 atom stereocenters. The molecule has 3 rings (SSSR count). The maximum Gasteiger partial charge on any atom is 0.239 e. The molecule has 3 heterocycles. The molecule has 1 N–H and O–H groups in total. The first-order chi connectivity index (χ1) is 12.3. The van der Waals surface area contributed by atoms with Gasteiger partial charge in [0.15, 0.2) is 9.84 Å². The molecule has 1 aromatic heterocycles. The Kier molecular flexibility index (Phi) is 5.99. The van der Waals surface area contributed by atoms with Gasteiger partial charge in [0.25, 0.3) is 0 Å². The van der Waals surface area contributed by atoms with Crippen LogP contribution in [0.5, 0.6) is 0 Å². The van der Waals surface area contributed by atoms with Crippen molar-refractivity contribution >= 4 is 21.6 Å². The molecule has 1 amide bonds. The molecule has 0 aromatic carbocycles. The molecule has 2 aliphatic heterocycles. The summed E-state index contributed by atoms with van der Waals surface area (Å²) in [5, 5.41) is 7.30. The van der Waals surface area contributed by atoms with Crippen LogP contribution in [0.1, 0.15) is 31.0 Å². The Morgan fingerprint density at radius 3 is 2.77 bits per heavy atom. The minimum atomic E-state index is -3.01. The van der Waals surface area contributed by atoms with Crippen molar-refractivity contribution in [2.24, 2.45) is 5.92 Å². The number of nitrogens with one attached hydrogen (secondary N) is 1. The lowest BCUT2D eigenvalue weighted by Crippen LogP contribution is -2.35. The molecular weight excluding hydrogens is 356 g/mol. The van der Waals surface area contributed by atoms with E-state index < -0.39 is 9.84 Å². The molecular formula is C17H28N4O4S. The number of nitrogens with zero attached hydrogens (tertiary/aromatic N) is 3. The third-order valence-electron chi connectivity index (χ3n) is 5.00. The van der Waals surface area contributed by atoms with Crippen molar-refractivity contribution in [3.05, 3.63) is 11.8 Å². The molecule has 26 heavy (non-hydrogen) atoms. The van der Waals surface area contributed by atoms with Gasteiger partial charge in [-0.2, -0.15) is 5.10 Å². The topological polar surface area (TPSA) is 93.5 Å². The predicted octanol–water partition coefficient (Wildman–Crippen LogP) is 0.848. The van der Waals surface area contributed by atoms with Crippen LogP contribution in [0.15, 0.2) is 6.07 Å². The molecule has 1 unspecified atom stereocenters. The van der Waals surface area contributed by atoms with Gasteiger partial charge in [0.1, 0.15) is 5.82 Å². The van der Waals surface area contributed by atoms with Crippen LogP contribution >= 0.6 is 0 Å². The number of rotatable bonds is 6. The Bertz CT molecular complexity index is 740. The maximum absolute atomic E-state index is 12.4. The summed E-state index contributed by atoms with van der Waals surface area (Å²) in [5.41, 5.74) is 0.764. The molecule has 2 fully saturated rings. The molecule has 2 aliphatic rings. The molecule has 0 spiro atoms. The summed E-state index contributed by atoms with van der Waals surface area (Å²) in [6, 6.07) is 1.59. The fraction of sp³-hybridized carbons (Fsp3) is 0.765. The molecule has 9 heteroatoms. The summed E-state index contributed by atoms with van der Waals surface area (Å²) in [6.07, 6.45) is 2.61. The van der Waals surface area contributed by atoms with Crippen LogP contribution in [-0.4, -0.2) is 73.9 Å². The van der Waals surface area contributed by atoms with E-state index in [-0.39, 0.29) is 23.5 Å². The van der Waals surface area contributed by atoms with Crippen molar-refractivity contribution in [3.8, 4) is 0 Å². The summed E-state index contributed by atoms with van der Waals surface area (Å²) >= 11 is 0. The van der Waals surface area contributed by atoms with Crippen molar-refractivity contribution in [2.45, 2.75) is 32.2 Å². The highest BCUT2D eigenvalue weighted by molar-refractivity contribution is 7.91. The normalized spacial score (nSPS) is 23.4. The number of aryl methyl sites for hydroxylation is 1. The van der Waals surface area contributed by atoms with Gasteiger partial charge in [0.05, 0.1) is 29.8 Å². The Hall–Kier alpha value is -1.45. The van der Waals surface area contributed by atoms with Crippen LogP contribution < -0.4 is 5.32 Å². The second-order valence-electron chi connectivity index (χ2n) is 7.47. The number of carbonyl (C=O) groups excluding carboxylic acids is 1. The van der Waals surface area contributed by atoms with Crippen LogP contribution in [0.2, 0.25) is 0 Å². The number of hydrogen-bond acceptors (Lipinski definition) is 6. The van der Waals surface area contributed by atoms with Crippen molar-refractivity contribution in [1.82, 2.24) is 14.7 Å². The quantitative estimate of drug-likeness (QED) is 0.781. The smallest absolute Gasteiger partial charge is 0.239 e. The molecule has 146 valence electrons. The van der Waals surface area contributed by atoms with Gasteiger partial charge in [-0.1, -0.05) is 0 Å². The Morgan fingerprint density at radius 2 is 2.12 bits per heavy atom. The van der Waals surface area contributed by atoms with Crippen LogP contribution in [0.3, 0.4) is 0 Å². The largest absolute Gasteiger partial charge is 0.381 e. The van der Waals surface area contributed by atoms with E-state index in [9.17, 15) is 13.2 Å². The number of sulfone groups is 1. The Balaban J connectivity index is 1.57. The van der Waals surface area contributed by atoms with Crippen LogP contribution in [0.4, 0.5) is 5.82 Å². The average molecular weight is 385 g/mol. The molecule has 0 bridgehead atoms. The van der Waals surface area contributed by atoms with Gasteiger partial charge < -0.3 is 10.1 Å². The van der Waals surface area contributed by atoms with E-state index >= 15 is 0 Å². The Labute approximate surface area is 154 Å². The van der Waals surface area contributed by atoms with Gasteiger partial charge in [-0.15, -0.1) is 0 Å². The van der Waals surface area contributed by atoms with E-state index in [4.69, 9.17) is 4.74 Å². The highest BCUT2D eigenvalue weighted by Crippen LogP contribution is 2.27. The summed E-state index contributed by atoms with van der Waals surface area (Å²) in [4.78, 5) is 14.5. The first kappa shape index (κ1) is 19.3. The standard InChI is InChI=1S/C17H28N4O4S/c1-13-9-16(21(19-13)15-5-8-26(23,24)12-15)18-17(22)11-20(2)10-14-3-6-25-7-4-14/h9,14-15H,3-8,10-12H2,1-2H3,(H,18,22). The fourth-order valence-electron chi connectivity index (χ4n) is 3.72. The van der Waals surface area contributed by atoms with Crippen molar-refractivity contribution in [1.29, 1.82) is 0 Å². The van der Waals surface area contributed by atoms with Gasteiger partial charge in [0, 0.05) is 25.8 Å². The minimum absolute atomic E-state index is 0.0840. The number of hydrogen-bond donors (Lipinski definition) is 1. The molecule has 2 saturated heterocycles. The number of carbonyl (C=O) groups is 1. The lowest BCUT2D eigenvalue weighted by Gasteiger charge is -2.26. The number of likely N-dealkylation sites (N-methyl/N-ethyl adjacent to an activating group) is 1. The van der Waals surface area contributed by atoms with Crippen LogP contribution in [0.25, 0.3) is 0 Å². The van der Waals surface area contributed by atoms with E-state index in [1.54, 1.807) is 10.7 Å². The van der Waals surface area contributed by atoms with Gasteiger partial charge in [-0.05, 0) is 39.2 Å². The first-order valence-electron chi connectivity index (χ1n) is 9.15. The molecule has 8 nitrogen and oxygen atoms in total. The average Bonchev–Trinajstić information content (AvgIpc) is 3.10. The zero-order valence-electron chi connectivity index (χ0n) is 15.5. The van der Waals surface area contributed by atoms with Gasteiger partial charge >= 0.3 is 0 Å². The zero-order chi connectivity index (χ0) is 18.7. The SMILES string of the molecule is Cc1cc(NC(=O)CN(C)CC2CCOCC2)n(C2CCS(=O)(=O)C2)n1. The van der Waals surface area contributed by atoms with Gasteiger partial charge in [0.2, 0.25) is 5.91 Å². The van der Waals surface area contributed by atoms with E-state index in [1.165, 1.54) is 0 Å². The van der Waals surface area contributed by atoms with Gasteiger partial charge in [-0.25, -0.2) is 13.1 Å². The summed E-state index contributed by atoms with van der Waals surface area (Å²) < 4.78 is 30.5. The third-order valence-corrected chi connectivity index (χ3v) is 6.75. The van der Waals surface area contributed by atoms with E-state index in [0.29, 0.717) is 24.7 Å². The lowest BCUT2D eigenvalue weighted by atomic mass is 10.00. The predicted molar refractivity (Wildman–Crippen MR) is 98.9 cm³/mol. The van der Waals surface area contributed by atoms with Crippen molar-refractivity contribution in [2.75, 3.05) is 50.2 Å². The van der Waals surface area contributed by atoms with E-state index in [1.807, 2.05) is 18.9 Å². The lowest BCUT2D eigenvalue weighted by molar-refractivity contribution is -0.117. The second-order valence-corrected chi connectivity index (χ2v) is 9.70. The monoisotopic (exact) mass is 384 g/mol. The summed E-state index contributed by atoms with van der Waals surface area (Å²) in [6.45, 7) is 4.61. The fourth-order valence-corrected chi connectivity index (χ4v) is 5.41. The molecule has 0 radical (unpaired) electrons. The molecule has 1 aromatic rings. The van der Waals surface area contributed by atoms with Crippen molar-refractivity contribution in [3.63, 3.8) is 0 Å². The van der Waals surface area contributed by atoms with Gasteiger partial charge in [-0.3, -0.25) is 9.69 Å². The van der Waals surface area contributed by atoms with E-state index in [0.717, 1.165) is 38.3 Å². The van der Waals surface area contributed by atoms with Crippen molar-refractivity contribution < 1.29 is 17.9 Å². The van der Waals surface area contributed by atoms with Crippen LogP contribution in [0, 0.1) is 12.8 Å². The molecule has 0 saturated carbocycles. The highest BCUT2D eigenvalue weighted by atomic mass is 32.2. The minimum Gasteiger partial charge on any atom is -0.381 e. The summed E-state index contributed by atoms with van der Waals surface area (Å²) in [5.74, 6) is 1.30. The maximum atomic E-state index is 12.4. The first-order valence-corrected chi connectivity index (χ1v) is 11.0. The Morgan fingerprint density at radius 1 is 1.38 bits per heavy atom. The molecule has 0 aliphatic carbocycles. The van der Waals surface area contributed by atoms with E-state index in [2.05, 4.69) is 10.4 Å².